The first-order valence-corrected chi connectivity index (χ1v) is 10.3. The lowest BCUT2D eigenvalue weighted by atomic mass is 10.1. The lowest BCUT2D eigenvalue weighted by molar-refractivity contribution is 0.0700. The number of aryl methyl sites for hydroxylation is 2. The van der Waals surface area contributed by atoms with Crippen LogP contribution in [0.4, 0.5) is 0 Å². The summed E-state index contributed by atoms with van der Waals surface area (Å²) in [6, 6.07) is 19.3. The van der Waals surface area contributed by atoms with Gasteiger partial charge in [0.25, 0.3) is 0 Å². The van der Waals surface area contributed by atoms with Crippen molar-refractivity contribution in [2.24, 2.45) is 0 Å². The van der Waals surface area contributed by atoms with E-state index < -0.39 is 11.4 Å². The summed E-state index contributed by atoms with van der Waals surface area (Å²) >= 11 is 6.39. The molecule has 0 N–H and O–H groups in total. The molecule has 2 aromatic heterocycles. The zero-order valence-corrected chi connectivity index (χ0v) is 18.0. The van der Waals surface area contributed by atoms with Crippen LogP contribution in [-0.4, -0.2) is 5.97 Å². The van der Waals surface area contributed by atoms with Gasteiger partial charge in [0.15, 0.2) is 5.76 Å². The van der Waals surface area contributed by atoms with Crippen molar-refractivity contribution >= 4 is 39.5 Å². The molecular weight excluding hydrogens is 428 g/mol. The number of halogens is 1. The van der Waals surface area contributed by atoms with Gasteiger partial charge in [-0.1, -0.05) is 48.0 Å². The standard InChI is InChI=1S/C26H17ClO5/c1-14-11-15(2)23-18(12-14)22(28)25(24(31-23)17-8-4-5-9-19(17)27)32-26(29)21-13-16-7-3-6-10-20(16)30-21/h3-13H,1-2H3. The van der Waals surface area contributed by atoms with Gasteiger partial charge >= 0.3 is 5.97 Å². The molecule has 0 aliphatic carbocycles. The maximum absolute atomic E-state index is 13.5. The number of para-hydroxylation sites is 1. The molecule has 5 rings (SSSR count). The summed E-state index contributed by atoms with van der Waals surface area (Å²) in [5.41, 5.74) is 2.63. The lowest BCUT2D eigenvalue weighted by Crippen LogP contribution is -2.16. The summed E-state index contributed by atoms with van der Waals surface area (Å²) in [4.78, 5) is 26.4. The van der Waals surface area contributed by atoms with Crippen LogP contribution in [-0.2, 0) is 0 Å². The molecule has 0 atom stereocenters. The smallest absolute Gasteiger partial charge is 0.379 e. The number of hydrogen-bond acceptors (Lipinski definition) is 5. The van der Waals surface area contributed by atoms with Crippen LogP contribution in [0.5, 0.6) is 5.75 Å². The van der Waals surface area contributed by atoms with E-state index >= 15 is 0 Å². The third-order valence-corrected chi connectivity index (χ3v) is 5.55. The Balaban J connectivity index is 1.72. The van der Waals surface area contributed by atoms with Crippen molar-refractivity contribution < 1.29 is 18.4 Å². The first kappa shape index (κ1) is 20.1. The molecule has 0 saturated carbocycles. The van der Waals surface area contributed by atoms with Crippen LogP contribution in [0.25, 0.3) is 33.3 Å². The van der Waals surface area contributed by atoms with Crippen molar-refractivity contribution in [3.05, 3.63) is 98.9 Å². The van der Waals surface area contributed by atoms with E-state index in [4.69, 9.17) is 25.2 Å². The Labute approximate surface area is 187 Å². The van der Waals surface area contributed by atoms with Crippen molar-refractivity contribution in [1.29, 1.82) is 0 Å². The fourth-order valence-corrected chi connectivity index (χ4v) is 3.99. The molecule has 6 heteroatoms. The molecule has 0 fully saturated rings. The van der Waals surface area contributed by atoms with Gasteiger partial charge in [-0.05, 0) is 55.3 Å². The minimum Gasteiger partial charge on any atom is -0.452 e. The molecule has 5 aromatic rings. The van der Waals surface area contributed by atoms with Crippen LogP contribution in [0.15, 0.2) is 80.4 Å². The molecule has 32 heavy (non-hydrogen) atoms. The minimum atomic E-state index is -0.800. The maximum atomic E-state index is 13.5. The molecule has 0 radical (unpaired) electrons. The van der Waals surface area contributed by atoms with E-state index in [1.807, 2.05) is 32.0 Å². The molecule has 0 aliphatic heterocycles. The molecule has 0 unspecified atom stereocenters. The Bertz CT molecular complexity index is 1540. The van der Waals surface area contributed by atoms with Gasteiger partial charge in [0.2, 0.25) is 16.9 Å². The van der Waals surface area contributed by atoms with Gasteiger partial charge in [-0.2, -0.15) is 0 Å². The van der Waals surface area contributed by atoms with Gasteiger partial charge < -0.3 is 13.6 Å². The largest absolute Gasteiger partial charge is 0.452 e. The maximum Gasteiger partial charge on any atom is 0.379 e. The molecule has 0 saturated heterocycles. The van der Waals surface area contributed by atoms with Crippen molar-refractivity contribution in [1.82, 2.24) is 0 Å². The summed E-state index contributed by atoms with van der Waals surface area (Å²) in [6.07, 6.45) is 0. The summed E-state index contributed by atoms with van der Waals surface area (Å²) < 4.78 is 17.3. The van der Waals surface area contributed by atoms with Gasteiger partial charge in [-0.15, -0.1) is 0 Å². The highest BCUT2D eigenvalue weighted by Gasteiger charge is 2.25. The van der Waals surface area contributed by atoms with Crippen molar-refractivity contribution in [3.8, 4) is 17.1 Å². The van der Waals surface area contributed by atoms with Crippen LogP contribution in [0.3, 0.4) is 0 Å². The molecule has 158 valence electrons. The number of fused-ring (bicyclic) bond motifs is 2. The van der Waals surface area contributed by atoms with E-state index in [2.05, 4.69) is 0 Å². The van der Waals surface area contributed by atoms with Gasteiger partial charge in [-0.25, -0.2) is 4.79 Å². The Hall–Kier alpha value is -3.83. The second-order valence-electron chi connectivity index (χ2n) is 7.57. The Morgan fingerprint density at radius 2 is 1.69 bits per heavy atom. The van der Waals surface area contributed by atoms with E-state index in [-0.39, 0.29) is 17.3 Å². The third-order valence-electron chi connectivity index (χ3n) is 5.22. The van der Waals surface area contributed by atoms with Gasteiger partial charge in [-0.3, -0.25) is 4.79 Å². The van der Waals surface area contributed by atoms with E-state index in [1.54, 1.807) is 48.5 Å². The Morgan fingerprint density at radius 1 is 0.938 bits per heavy atom. The van der Waals surface area contributed by atoms with Crippen LogP contribution >= 0.6 is 11.6 Å². The normalized spacial score (nSPS) is 11.2. The van der Waals surface area contributed by atoms with Crippen LogP contribution < -0.4 is 10.2 Å². The number of rotatable bonds is 3. The van der Waals surface area contributed by atoms with Crippen molar-refractivity contribution in [2.75, 3.05) is 0 Å². The molecule has 2 heterocycles. The predicted molar refractivity (Wildman–Crippen MR) is 124 cm³/mol. The van der Waals surface area contributed by atoms with Gasteiger partial charge in [0.1, 0.15) is 11.2 Å². The molecular formula is C26H17ClO5. The average molecular weight is 445 g/mol. The summed E-state index contributed by atoms with van der Waals surface area (Å²) in [5, 5.41) is 1.44. The fourth-order valence-electron chi connectivity index (χ4n) is 3.77. The van der Waals surface area contributed by atoms with Crippen molar-refractivity contribution in [3.63, 3.8) is 0 Å². The highest BCUT2D eigenvalue weighted by Crippen LogP contribution is 2.36. The van der Waals surface area contributed by atoms with Crippen LogP contribution in [0, 0.1) is 13.8 Å². The summed E-state index contributed by atoms with van der Waals surface area (Å²) in [7, 11) is 0. The molecule has 3 aromatic carbocycles. The number of esters is 1. The monoisotopic (exact) mass is 444 g/mol. The van der Waals surface area contributed by atoms with Crippen LogP contribution in [0.1, 0.15) is 21.7 Å². The summed E-state index contributed by atoms with van der Waals surface area (Å²) in [5.74, 6) is -0.965. The number of carbonyl (C=O) groups is 1. The predicted octanol–water partition coefficient (Wildman–Crippen LogP) is 6.70. The Morgan fingerprint density at radius 3 is 2.47 bits per heavy atom. The van der Waals surface area contributed by atoms with Crippen LogP contribution in [0.2, 0.25) is 5.02 Å². The minimum absolute atomic E-state index is 0.0174. The van der Waals surface area contributed by atoms with E-state index in [0.717, 1.165) is 16.5 Å². The second-order valence-corrected chi connectivity index (χ2v) is 7.97. The van der Waals surface area contributed by atoms with Gasteiger partial charge in [0, 0.05) is 10.9 Å². The highest BCUT2D eigenvalue weighted by atomic mass is 35.5. The Kier molecular flexibility index (Phi) is 4.83. The lowest BCUT2D eigenvalue weighted by Gasteiger charge is -2.12. The number of furan rings is 1. The SMILES string of the molecule is Cc1cc(C)c2oc(-c3ccccc3Cl)c(OC(=O)c3cc4ccccc4o3)c(=O)c2c1. The third kappa shape index (κ3) is 3.37. The number of hydrogen-bond donors (Lipinski definition) is 0. The second kappa shape index (κ2) is 7.70. The van der Waals surface area contributed by atoms with E-state index in [9.17, 15) is 9.59 Å². The number of ether oxygens (including phenoxy) is 1. The molecule has 5 nitrogen and oxygen atoms in total. The molecule has 0 amide bonds. The quantitative estimate of drug-likeness (QED) is 0.290. The zero-order valence-electron chi connectivity index (χ0n) is 17.3. The first-order valence-electron chi connectivity index (χ1n) is 9.96. The average Bonchev–Trinajstić information content (AvgIpc) is 3.21. The number of benzene rings is 3. The highest BCUT2D eigenvalue weighted by molar-refractivity contribution is 6.33. The fraction of sp³-hybridized carbons (Fsp3) is 0.0769. The van der Waals surface area contributed by atoms with Gasteiger partial charge in [0.05, 0.1) is 10.4 Å². The summed E-state index contributed by atoms with van der Waals surface area (Å²) in [6.45, 7) is 3.74. The van der Waals surface area contributed by atoms with E-state index in [1.165, 1.54) is 0 Å². The van der Waals surface area contributed by atoms with Crippen molar-refractivity contribution in [2.45, 2.75) is 13.8 Å². The number of carbonyl (C=O) groups excluding carboxylic acids is 1. The topological polar surface area (TPSA) is 69.7 Å². The zero-order chi connectivity index (χ0) is 22.4. The molecule has 0 aliphatic rings. The first-order chi connectivity index (χ1) is 15.4. The van der Waals surface area contributed by atoms with E-state index in [0.29, 0.717) is 27.1 Å². The molecule has 0 spiro atoms. The molecule has 0 bridgehead atoms.